The topological polar surface area (TPSA) is 41.6 Å². The maximum atomic E-state index is 11.7. The number of hydrogen-bond donors (Lipinski definition) is 1. The van der Waals surface area contributed by atoms with Gasteiger partial charge in [-0.05, 0) is 37.9 Å². The summed E-state index contributed by atoms with van der Waals surface area (Å²) in [5.41, 5.74) is 1.01. The molecule has 0 aliphatic carbocycles. The van der Waals surface area contributed by atoms with E-state index in [4.69, 9.17) is 4.74 Å². The molecular weight excluding hydrogens is 264 g/mol. The predicted octanol–water partition coefficient (Wildman–Crippen LogP) is 3.03. The summed E-state index contributed by atoms with van der Waals surface area (Å²) in [4.78, 5) is 14.1. The molecule has 116 valence electrons. The van der Waals surface area contributed by atoms with Crippen LogP contribution in [0.25, 0.3) is 0 Å². The van der Waals surface area contributed by atoms with E-state index in [1.807, 2.05) is 30.3 Å². The summed E-state index contributed by atoms with van der Waals surface area (Å²) in [7, 11) is 2.16. The summed E-state index contributed by atoms with van der Waals surface area (Å²) in [6, 6.07) is 9.75. The van der Waals surface area contributed by atoms with Crippen LogP contribution in [0, 0.1) is 5.92 Å². The van der Waals surface area contributed by atoms with Gasteiger partial charge in [0.2, 0.25) is 0 Å². The molecule has 1 atom stereocenters. The van der Waals surface area contributed by atoms with Gasteiger partial charge < -0.3 is 15.0 Å². The average Bonchev–Trinajstić information content (AvgIpc) is 2.48. The van der Waals surface area contributed by atoms with Gasteiger partial charge in [-0.2, -0.15) is 0 Å². The lowest BCUT2D eigenvalue weighted by molar-refractivity contribution is 0.135. The number of carbonyl (C=O) groups excluding carboxylic acids is 1. The van der Waals surface area contributed by atoms with Crippen LogP contribution in [0.3, 0.4) is 0 Å². The van der Waals surface area contributed by atoms with Gasteiger partial charge in [0.1, 0.15) is 6.61 Å². The molecule has 1 amide bonds. The van der Waals surface area contributed by atoms with Gasteiger partial charge in [-0.25, -0.2) is 4.79 Å². The molecule has 21 heavy (non-hydrogen) atoms. The van der Waals surface area contributed by atoms with E-state index < -0.39 is 0 Å². The molecular formula is C17H26N2O2. The zero-order valence-electron chi connectivity index (χ0n) is 12.9. The maximum Gasteiger partial charge on any atom is 0.407 e. The quantitative estimate of drug-likeness (QED) is 0.926. The van der Waals surface area contributed by atoms with Crippen LogP contribution in [0.15, 0.2) is 30.3 Å². The molecule has 0 radical (unpaired) electrons. The van der Waals surface area contributed by atoms with Crippen molar-refractivity contribution in [2.45, 2.75) is 32.3 Å². The summed E-state index contributed by atoms with van der Waals surface area (Å²) in [6.07, 6.45) is 4.71. The largest absolute Gasteiger partial charge is 0.445 e. The highest BCUT2D eigenvalue weighted by atomic mass is 16.5. The van der Waals surface area contributed by atoms with Gasteiger partial charge in [0, 0.05) is 13.1 Å². The van der Waals surface area contributed by atoms with Crippen molar-refractivity contribution in [3.63, 3.8) is 0 Å². The second kappa shape index (κ2) is 8.67. The van der Waals surface area contributed by atoms with E-state index in [9.17, 15) is 4.79 Å². The number of rotatable bonds is 4. The molecule has 1 heterocycles. The van der Waals surface area contributed by atoms with E-state index in [0.717, 1.165) is 18.7 Å². The Balaban J connectivity index is 1.67. The molecule has 4 heteroatoms. The highest BCUT2D eigenvalue weighted by molar-refractivity contribution is 5.67. The van der Waals surface area contributed by atoms with Crippen LogP contribution >= 0.6 is 0 Å². The third-order valence-corrected chi connectivity index (χ3v) is 3.97. The number of benzene rings is 1. The minimum atomic E-state index is -0.316. The monoisotopic (exact) mass is 290 g/mol. The fraction of sp³-hybridized carbons (Fsp3) is 0.588. The van der Waals surface area contributed by atoms with Crippen LogP contribution in [0.5, 0.6) is 0 Å². The number of amides is 1. The SMILES string of the molecule is CN1CCCCCC(CNC(=O)OCc2ccccc2)C1. The first-order chi connectivity index (χ1) is 10.2. The molecule has 1 aromatic rings. The molecule has 0 saturated carbocycles. The first-order valence-corrected chi connectivity index (χ1v) is 7.87. The van der Waals surface area contributed by atoms with Gasteiger partial charge in [0.05, 0.1) is 0 Å². The van der Waals surface area contributed by atoms with E-state index in [1.165, 1.54) is 25.7 Å². The van der Waals surface area contributed by atoms with Gasteiger partial charge in [-0.3, -0.25) is 0 Å². The molecule has 4 nitrogen and oxygen atoms in total. The molecule has 1 fully saturated rings. The van der Waals surface area contributed by atoms with Crippen molar-refractivity contribution in [1.82, 2.24) is 10.2 Å². The second-order valence-corrected chi connectivity index (χ2v) is 5.92. The smallest absolute Gasteiger partial charge is 0.407 e. The van der Waals surface area contributed by atoms with E-state index >= 15 is 0 Å². The van der Waals surface area contributed by atoms with E-state index in [2.05, 4.69) is 17.3 Å². The van der Waals surface area contributed by atoms with Crippen molar-refractivity contribution in [1.29, 1.82) is 0 Å². The fourth-order valence-electron chi connectivity index (χ4n) is 2.78. The molecule has 0 spiro atoms. The Bertz CT molecular complexity index is 422. The van der Waals surface area contributed by atoms with Gasteiger partial charge in [-0.1, -0.05) is 43.2 Å². The van der Waals surface area contributed by atoms with E-state index in [0.29, 0.717) is 19.1 Å². The standard InChI is InChI=1S/C17H26N2O2/c1-19-11-7-3-6-10-16(13-19)12-18-17(20)21-14-15-8-4-2-5-9-15/h2,4-5,8-9,16H,3,6-7,10-14H2,1H3,(H,18,20). The zero-order chi connectivity index (χ0) is 14.9. The van der Waals surface area contributed by atoms with Gasteiger partial charge in [0.25, 0.3) is 0 Å². The minimum absolute atomic E-state index is 0.316. The third kappa shape index (κ3) is 6.17. The molecule has 0 bridgehead atoms. The van der Waals surface area contributed by atoms with Crippen LogP contribution in [0.1, 0.15) is 31.2 Å². The molecule has 1 aliphatic rings. The zero-order valence-corrected chi connectivity index (χ0v) is 12.9. The Morgan fingerprint density at radius 2 is 2.10 bits per heavy atom. The summed E-state index contributed by atoms with van der Waals surface area (Å²) in [6.45, 7) is 3.25. The first kappa shape index (κ1) is 15.8. The van der Waals surface area contributed by atoms with Gasteiger partial charge in [0.15, 0.2) is 0 Å². The lowest BCUT2D eigenvalue weighted by Crippen LogP contribution is -2.36. The molecule has 1 aliphatic heterocycles. The van der Waals surface area contributed by atoms with Gasteiger partial charge in [-0.15, -0.1) is 0 Å². The Labute approximate surface area is 127 Å². The van der Waals surface area contributed by atoms with Crippen LogP contribution in [-0.4, -0.2) is 37.7 Å². The number of nitrogens with zero attached hydrogens (tertiary/aromatic N) is 1. The summed E-state index contributed by atoms with van der Waals surface area (Å²) in [5, 5.41) is 2.90. The van der Waals surface area contributed by atoms with E-state index in [1.54, 1.807) is 0 Å². The fourth-order valence-corrected chi connectivity index (χ4v) is 2.78. The number of alkyl carbamates (subject to hydrolysis) is 1. The summed E-state index contributed by atoms with van der Waals surface area (Å²) in [5.74, 6) is 0.527. The normalized spacial score (nSPS) is 20.3. The molecule has 0 aromatic heterocycles. The van der Waals surface area contributed by atoms with E-state index in [-0.39, 0.29) is 6.09 Å². The minimum Gasteiger partial charge on any atom is -0.445 e. The third-order valence-electron chi connectivity index (χ3n) is 3.97. The lowest BCUT2D eigenvalue weighted by atomic mass is 9.98. The van der Waals surface area contributed by atoms with Crippen molar-refractivity contribution >= 4 is 6.09 Å². The molecule has 2 rings (SSSR count). The van der Waals surface area contributed by atoms with Crippen LogP contribution in [0.4, 0.5) is 4.79 Å². The highest BCUT2D eigenvalue weighted by Crippen LogP contribution is 2.14. The van der Waals surface area contributed by atoms with Crippen molar-refractivity contribution in [2.75, 3.05) is 26.7 Å². The van der Waals surface area contributed by atoms with Crippen molar-refractivity contribution < 1.29 is 9.53 Å². The number of ether oxygens (including phenoxy) is 1. The predicted molar refractivity (Wildman–Crippen MR) is 84.1 cm³/mol. The maximum absolute atomic E-state index is 11.7. The average molecular weight is 290 g/mol. The van der Waals surface area contributed by atoms with Gasteiger partial charge >= 0.3 is 6.09 Å². The first-order valence-electron chi connectivity index (χ1n) is 7.87. The molecule has 1 aromatic carbocycles. The van der Waals surface area contributed by atoms with Crippen LogP contribution < -0.4 is 5.32 Å². The second-order valence-electron chi connectivity index (χ2n) is 5.92. The molecule has 1 unspecified atom stereocenters. The Hall–Kier alpha value is -1.55. The number of hydrogen-bond acceptors (Lipinski definition) is 3. The van der Waals surface area contributed by atoms with Crippen molar-refractivity contribution in [2.24, 2.45) is 5.92 Å². The van der Waals surface area contributed by atoms with Crippen LogP contribution in [0.2, 0.25) is 0 Å². The van der Waals surface area contributed by atoms with Crippen LogP contribution in [-0.2, 0) is 11.3 Å². The van der Waals surface area contributed by atoms with Crippen molar-refractivity contribution in [3.05, 3.63) is 35.9 Å². The number of carbonyl (C=O) groups is 1. The number of likely N-dealkylation sites (tertiary alicyclic amines) is 1. The Morgan fingerprint density at radius 1 is 1.29 bits per heavy atom. The summed E-state index contributed by atoms with van der Waals surface area (Å²) >= 11 is 0. The Kier molecular flexibility index (Phi) is 6.54. The summed E-state index contributed by atoms with van der Waals surface area (Å²) < 4.78 is 5.24. The molecule has 1 N–H and O–H groups in total. The molecule has 1 saturated heterocycles. The number of nitrogens with one attached hydrogen (secondary N) is 1. The van der Waals surface area contributed by atoms with Crippen molar-refractivity contribution in [3.8, 4) is 0 Å². The highest BCUT2D eigenvalue weighted by Gasteiger charge is 2.15. The lowest BCUT2D eigenvalue weighted by Gasteiger charge is -2.26. The Morgan fingerprint density at radius 3 is 2.90 bits per heavy atom.